The summed E-state index contributed by atoms with van der Waals surface area (Å²) in [4.78, 5) is 11.6. The fraction of sp³-hybridized carbons (Fsp3) is 0.167. The summed E-state index contributed by atoms with van der Waals surface area (Å²) < 4.78 is 26.7. The van der Waals surface area contributed by atoms with Crippen LogP contribution in [0.1, 0.15) is 16.1 Å². The third-order valence-corrected chi connectivity index (χ3v) is 3.94. The zero-order valence-electron chi connectivity index (χ0n) is 10.2. The van der Waals surface area contributed by atoms with E-state index in [0.717, 1.165) is 5.56 Å². The second kappa shape index (κ2) is 6.06. The van der Waals surface area contributed by atoms with Crippen LogP contribution in [0.4, 0.5) is 0 Å². The lowest BCUT2D eigenvalue weighted by molar-refractivity contribution is 0.0945. The number of halogens is 1. The zero-order valence-corrected chi connectivity index (χ0v) is 11.8. The highest BCUT2D eigenvalue weighted by atomic mass is 35.7. The lowest BCUT2D eigenvalue weighted by Crippen LogP contribution is -2.25. The number of carbonyl (C=O) groups is 1. The van der Waals surface area contributed by atoms with E-state index in [1.807, 2.05) is 0 Å². The number of rotatable bonds is 5. The molecule has 2 aromatic rings. The van der Waals surface area contributed by atoms with E-state index < -0.39 is 9.05 Å². The number of benzene rings is 1. The number of aromatic nitrogens is 1. The van der Waals surface area contributed by atoms with Gasteiger partial charge in [0.25, 0.3) is 15.0 Å². The van der Waals surface area contributed by atoms with Crippen LogP contribution in [0.2, 0.25) is 0 Å². The average molecular weight is 315 g/mol. The summed E-state index contributed by atoms with van der Waals surface area (Å²) in [6.45, 7) is 0.401. The molecule has 0 aliphatic carbocycles. The summed E-state index contributed by atoms with van der Waals surface area (Å²) in [5, 5.41) is 6.18. The van der Waals surface area contributed by atoms with Crippen molar-refractivity contribution in [2.24, 2.45) is 0 Å². The minimum Gasteiger partial charge on any atom is -0.364 e. The van der Waals surface area contributed by atoms with Crippen LogP contribution in [0.25, 0.3) is 0 Å². The van der Waals surface area contributed by atoms with E-state index in [1.165, 1.54) is 24.5 Å². The van der Waals surface area contributed by atoms with E-state index in [1.54, 1.807) is 12.1 Å². The Labute approximate surface area is 120 Å². The Hall–Kier alpha value is -1.86. The molecule has 0 saturated heterocycles. The van der Waals surface area contributed by atoms with Crippen LogP contribution in [0.3, 0.4) is 0 Å². The molecule has 0 aliphatic rings. The molecule has 20 heavy (non-hydrogen) atoms. The third kappa shape index (κ3) is 3.82. The third-order valence-electron chi connectivity index (χ3n) is 2.57. The van der Waals surface area contributed by atoms with Gasteiger partial charge in [-0.05, 0) is 24.1 Å². The molecule has 106 valence electrons. The van der Waals surface area contributed by atoms with Crippen molar-refractivity contribution in [3.05, 3.63) is 47.9 Å². The molecule has 0 radical (unpaired) electrons. The Morgan fingerprint density at radius 1 is 1.25 bits per heavy atom. The van der Waals surface area contributed by atoms with Crippen LogP contribution in [-0.2, 0) is 15.5 Å². The molecule has 8 heteroatoms. The first-order valence-corrected chi connectivity index (χ1v) is 8.00. The fourth-order valence-corrected chi connectivity index (χ4v) is 2.33. The van der Waals surface area contributed by atoms with Crippen LogP contribution in [0, 0.1) is 0 Å². The lowest BCUT2D eigenvalue weighted by atomic mass is 10.1. The Balaban J connectivity index is 1.87. The molecule has 2 rings (SSSR count). The maximum atomic E-state index is 11.6. The van der Waals surface area contributed by atoms with Crippen LogP contribution >= 0.6 is 10.7 Å². The lowest BCUT2D eigenvalue weighted by Gasteiger charge is -2.04. The molecule has 0 unspecified atom stereocenters. The van der Waals surface area contributed by atoms with Crippen molar-refractivity contribution in [1.82, 2.24) is 10.5 Å². The molecule has 0 saturated carbocycles. The first kappa shape index (κ1) is 14.5. The number of hydrogen-bond acceptors (Lipinski definition) is 5. The van der Waals surface area contributed by atoms with Crippen molar-refractivity contribution < 1.29 is 17.7 Å². The van der Waals surface area contributed by atoms with Crippen molar-refractivity contribution in [2.75, 3.05) is 6.54 Å². The van der Waals surface area contributed by atoms with Gasteiger partial charge in [-0.25, -0.2) is 8.42 Å². The normalized spacial score (nSPS) is 11.2. The predicted molar refractivity (Wildman–Crippen MR) is 72.0 cm³/mol. The monoisotopic (exact) mass is 314 g/mol. The summed E-state index contributed by atoms with van der Waals surface area (Å²) in [7, 11) is 1.51. The van der Waals surface area contributed by atoms with Crippen molar-refractivity contribution in [3.8, 4) is 0 Å². The molecule has 0 atom stereocenters. The smallest absolute Gasteiger partial charge is 0.273 e. The van der Waals surface area contributed by atoms with Crippen molar-refractivity contribution in [1.29, 1.82) is 0 Å². The van der Waals surface area contributed by atoms with Gasteiger partial charge in [0.15, 0.2) is 5.69 Å². The van der Waals surface area contributed by atoms with Crippen molar-refractivity contribution in [3.63, 3.8) is 0 Å². The SMILES string of the molecule is O=C(NCCc1ccc(S(=O)(=O)Cl)cc1)c1ccon1. The first-order chi connectivity index (χ1) is 9.47. The molecule has 1 amide bonds. The van der Waals surface area contributed by atoms with Gasteiger partial charge in [-0.2, -0.15) is 0 Å². The maximum Gasteiger partial charge on any atom is 0.273 e. The average Bonchev–Trinajstić information content (AvgIpc) is 2.92. The van der Waals surface area contributed by atoms with Gasteiger partial charge in [0.05, 0.1) is 4.90 Å². The topological polar surface area (TPSA) is 89.3 Å². The van der Waals surface area contributed by atoms with Crippen molar-refractivity contribution >= 4 is 25.6 Å². The van der Waals surface area contributed by atoms with E-state index in [0.29, 0.717) is 13.0 Å². The van der Waals surface area contributed by atoms with Gasteiger partial charge in [0.1, 0.15) is 6.26 Å². The number of nitrogens with zero attached hydrogens (tertiary/aromatic N) is 1. The maximum absolute atomic E-state index is 11.6. The number of amides is 1. The summed E-state index contributed by atoms with van der Waals surface area (Å²) >= 11 is 0. The Kier molecular flexibility index (Phi) is 4.41. The molecule has 0 aliphatic heterocycles. The Morgan fingerprint density at radius 3 is 2.50 bits per heavy atom. The van der Waals surface area contributed by atoms with Crippen LogP contribution in [0.5, 0.6) is 0 Å². The highest BCUT2D eigenvalue weighted by Gasteiger charge is 2.10. The molecular formula is C12H11ClN2O4S. The minimum atomic E-state index is -3.70. The van der Waals surface area contributed by atoms with Gasteiger partial charge in [-0.1, -0.05) is 17.3 Å². The highest BCUT2D eigenvalue weighted by molar-refractivity contribution is 8.13. The van der Waals surface area contributed by atoms with Crippen molar-refractivity contribution in [2.45, 2.75) is 11.3 Å². The standard InChI is InChI=1S/C12H11ClN2O4S/c13-20(17,18)10-3-1-9(2-4-10)5-7-14-12(16)11-6-8-19-15-11/h1-4,6,8H,5,7H2,(H,14,16). The van der Waals surface area contributed by atoms with Gasteiger partial charge in [-0.15, -0.1) is 0 Å². The van der Waals surface area contributed by atoms with E-state index in [4.69, 9.17) is 10.7 Å². The summed E-state index contributed by atoms with van der Waals surface area (Å²) in [6, 6.07) is 7.62. The molecular weight excluding hydrogens is 304 g/mol. The van der Waals surface area contributed by atoms with Gasteiger partial charge in [-0.3, -0.25) is 4.79 Å². The summed E-state index contributed by atoms with van der Waals surface area (Å²) in [5.74, 6) is -0.321. The second-order valence-corrected chi connectivity index (χ2v) is 6.54. The molecule has 0 fully saturated rings. The largest absolute Gasteiger partial charge is 0.364 e. The molecule has 6 nitrogen and oxygen atoms in total. The molecule has 0 spiro atoms. The highest BCUT2D eigenvalue weighted by Crippen LogP contribution is 2.15. The molecule has 1 heterocycles. The minimum absolute atomic E-state index is 0.0505. The Bertz CT molecular complexity index is 681. The first-order valence-electron chi connectivity index (χ1n) is 5.69. The second-order valence-electron chi connectivity index (χ2n) is 3.97. The summed E-state index contributed by atoms with van der Waals surface area (Å²) in [6.07, 6.45) is 1.88. The van der Waals surface area contributed by atoms with E-state index in [-0.39, 0.29) is 16.5 Å². The molecule has 0 bridgehead atoms. The fourth-order valence-electron chi connectivity index (χ4n) is 1.56. The Morgan fingerprint density at radius 2 is 1.95 bits per heavy atom. The quantitative estimate of drug-likeness (QED) is 0.846. The van der Waals surface area contributed by atoms with Crippen LogP contribution < -0.4 is 5.32 Å². The predicted octanol–water partition coefficient (Wildman–Crippen LogP) is 1.57. The van der Waals surface area contributed by atoms with Crippen LogP contribution in [-0.4, -0.2) is 26.0 Å². The van der Waals surface area contributed by atoms with Crippen LogP contribution in [0.15, 0.2) is 46.0 Å². The van der Waals surface area contributed by atoms with Gasteiger partial charge in [0, 0.05) is 23.3 Å². The number of carbonyl (C=O) groups excluding carboxylic acids is 1. The van der Waals surface area contributed by atoms with E-state index in [2.05, 4.69) is 15.0 Å². The van der Waals surface area contributed by atoms with Gasteiger partial charge in [0.2, 0.25) is 0 Å². The molecule has 1 aromatic carbocycles. The van der Waals surface area contributed by atoms with Gasteiger partial charge >= 0.3 is 0 Å². The van der Waals surface area contributed by atoms with E-state index >= 15 is 0 Å². The number of hydrogen-bond donors (Lipinski definition) is 1. The molecule has 1 N–H and O–H groups in total. The molecule has 1 aromatic heterocycles. The van der Waals surface area contributed by atoms with Gasteiger partial charge < -0.3 is 9.84 Å². The zero-order chi connectivity index (χ0) is 14.6. The summed E-state index contributed by atoms with van der Waals surface area (Å²) in [5.41, 5.74) is 1.10. The van der Waals surface area contributed by atoms with E-state index in [9.17, 15) is 13.2 Å². The number of nitrogens with one attached hydrogen (secondary N) is 1.